The van der Waals surface area contributed by atoms with Crippen LogP contribution in [0.5, 0.6) is 0 Å². The number of amides is 2. The molecule has 5 heteroatoms. The molecule has 5 nitrogen and oxygen atoms in total. The van der Waals surface area contributed by atoms with Gasteiger partial charge in [-0.1, -0.05) is 24.1 Å². The van der Waals surface area contributed by atoms with Gasteiger partial charge in [-0.2, -0.15) is 0 Å². The summed E-state index contributed by atoms with van der Waals surface area (Å²) in [5, 5.41) is 3.11. The smallest absolute Gasteiger partial charge is 0.317 e. The van der Waals surface area contributed by atoms with E-state index in [1.807, 2.05) is 4.90 Å². The Bertz CT molecular complexity index is 590. The van der Waals surface area contributed by atoms with Crippen molar-refractivity contribution in [1.82, 2.24) is 15.1 Å². The Kier molecular flexibility index (Phi) is 6.78. The van der Waals surface area contributed by atoms with E-state index >= 15 is 0 Å². The summed E-state index contributed by atoms with van der Waals surface area (Å²) in [5.74, 6) is 0. The molecule has 26 heavy (non-hydrogen) atoms. The number of carbonyl (C=O) groups is 1. The molecule has 0 radical (unpaired) electrons. The maximum atomic E-state index is 12.4. The van der Waals surface area contributed by atoms with Crippen molar-refractivity contribution in [3.05, 3.63) is 29.3 Å². The van der Waals surface area contributed by atoms with Gasteiger partial charge in [0, 0.05) is 38.4 Å². The Morgan fingerprint density at radius 3 is 2.42 bits per heavy atom. The van der Waals surface area contributed by atoms with Crippen molar-refractivity contribution in [1.29, 1.82) is 0 Å². The van der Waals surface area contributed by atoms with Crippen molar-refractivity contribution < 1.29 is 4.79 Å². The standard InChI is InChI=1S/C21H34N4O/c1-18-7-8-20(19(2)17-18)24-13-15-25(16-14-24)21(26)22-9-6-12-23-10-4-3-5-11-23/h7-8,17H,3-6,9-16H2,1-2H3,(H,22,26). The lowest BCUT2D eigenvalue weighted by Crippen LogP contribution is -2.52. The minimum Gasteiger partial charge on any atom is -0.368 e. The van der Waals surface area contributed by atoms with Crippen molar-refractivity contribution in [3.8, 4) is 0 Å². The predicted molar refractivity (Wildman–Crippen MR) is 108 cm³/mol. The SMILES string of the molecule is Cc1ccc(N2CCN(C(=O)NCCCN3CCCCC3)CC2)c(C)c1. The van der Waals surface area contributed by atoms with Crippen LogP contribution < -0.4 is 10.2 Å². The lowest BCUT2D eigenvalue weighted by atomic mass is 10.1. The molecule has 0 aliphatic carbocycles. The fourth-order valence-electron chi connectivity index (χ4n) is 4.10. The summed E-state index contributed by atoms with van der Waals surface area (Å²) in [4.78, 5) is 19.3. The number of nitrogens with zero attached hydrogens (tertiary/aromatic N) is 3. The molecular formula is C21H34N4O. The maximum absolute atomic E-state index is 12.4. The van der Waals surface area contributed by atoms with Crippen LogP contribution in [-0.2, 0) is 0 Å². The van der Waals surface area contributed by atoms with Gasteiger partial charge in [0.05, 0.1) is 0 Å². The molecule has 2 aliphatic heterocycles. The minimum atomic E-state index is 0.101. The molecule has 2 fully saturated rings. The predicted octanol–water partition coefficient (Wildman–Crippen LogP) is 3.01. The first-order valence-electron chi connectivity index (χ1n) is 10.2. The summed E-state index contributed by atoms with van der Waals surface area (Å²) in [6, 6.07) is 6.71. The number of hydrogen-bond donors (Lipinski definition) is 1. The number of piperazine rings is 1. The molecule has 0 saturated carbocycles. The van der Waals surface area contributed by atoms with Crippen LogP contribution in [0.1, 0.15) is 36.8 Å². The number of hydrogen-bond acceptors (Lipinski definition) is 3. The number of likely N-dealkylation sites (tertiary alicyclic amines) is 1. The molecule has 2 heterocycles. The quantitative estimate of drug-likeness (QED) is 0.823. The van der Waals surface area contributed by atoms with Gasteiger partial charge in [0.2, 0.25) is 0 Å². The van der Waals surface area contributed by atoms with Gasteiger partial charge in [-0.25, -0.2) is 4.79 Å². The Morgan fingerprint density at radius 1 is 1.00 bits per heavy atom. The number of benzene rings is 1. The molecule has 0 atom stereocenters. The number of carbonyl (C=O) groups excluding carboxylic acids is 1. The third-order valence-corrected chi connectivity index (χ3v) is 5.64. The highest BCUT2D eigenvalue weighted by Crippen LogP contribution is 2.22. The number of nitrogens with one attached hydrogen (secondary N) is 1. The van der Waals surface area contributed by atoms with Crippen LogP contribution in [0.15, 0.2) is 18.2 Å². The van der Waals surface area contributed by atoms with Crippen molar-refractivity contribution >= 4 is 11.7 Å². The highest BCUT2D eigenvalue weighted by molar-refractivity contribution is 5.74. The Labute approximate surface area is 158 Å². The molecule has 1 aromatic rings. The number of aryl methyl sites for hydroxylation is 2. The van der Waals surface area contributed by atoms with Crippen LogP contribution in [0.25, 0.3) is 0 Å². The first-order chi connectivity index (χ1) is 12.6. The second-order valence-electron chi connectivity index (χ2n) is 7.75. The summed E-state index contributed by atoms with van der Waals surface area (Å²) >= 11 is 0. The fourth-order valence-corrected chi connectivity index (χ4v) is 4.10. The van der Waals surface area contributed by atoms with Crippen LogP contribution in [-0.4, -0.2) is 68.2 Å². The van der Waals surface area contributed by atoms with Crippen molar-refractivity contribution in [2.75, 3.05) is 57.3 Å². The number of anilines is 1. The van der Waals surface area contributed by atoms with Crippen LogP contribution in [0.4, 0.5) is 10.5 Å². The molecule has 2 saturated heterocycles. The van der Waals surface area contributed by atoms with E-state index in [2.05, 4.69) is 47.2 Å². The average molecular weight is 359 g/mol. The summed E-state index contributed by atoms with van der Waals surface area (Å²) < 4.78 is 0. The lowest BCUT2D eigenvalue weighted by Gasteiger charge is -2.37. The van der Waals surface area contributed by atoms with Crippen molar-refractivity contribution in [3.63, 3.8) is 0 Å². The zero-order valence-electron chi connectivity index (χ0n) is 16.5. The van der Waals surface area contributed by atoms with Crippen molar-refractivity contribution in [2.45, 2.75) is 39.5 Å². The normalized spacial score (nSPS) is 18.8. The van der Waals surface area contributed by atoms with Crippen LogP contribution in [0.3, 0.4) is 0 Å². The summed E-state index contributed by atoms with van der Waals surface area (Å²) in [6.45, 7) is 12.1. The second kappa shape index (κ2) is 9.26. The minimum absolute atomic E-state index is 0.101. The van der Waals surface area contributed by atoms with Gasteiger partial charge in [0.1, 0.15) is 0 Å². The summed E-state index contributed by atoms with van der Waals surface area (Å²) in [7, 11) is 0. The van der Waals surface area contributed by atoms with Crippen LogP contribution in [0.2, 0.25) is 0 Å². The summed E-state index contributed by atoms with van der Waals surface area (Å²) in [5.41, 5.74) is 3.92. The first-order valence-corrected chi connectivity index (χ1v) is 10.2. The number of piperidine rings is 1. The van der Waals surface area contributed by atoms with Crippen LogP contribution >= 0.6 is 0 Å². The van der Waals surface area contributed by atoms with Gasteiger partial charge in [-0.05, 0) is 64.4 Å². The lowest BCUT2D eigenvalue weighted by molar-refractivity contribution is 0.191. The van der Waals surface area contributed by atoms with E-state index in [1.54, 1.807) is 0 Å². The number of rotatable bonds is 5. The van der Waals surface area contributed by atoms with Crippen molar-refractivity contribution in [2.24, 2.45) is 0 Å². The van der Waals surface area contributed by atoms with Gasteiger partial charge in [0.25, 0.3) is 0 Å². The van der Waals surface area contributed by atoms with E-state index in [1.165, 1.54) is 49.2 Å². The molecule has 0 unspecified atom stereocenters. The second-order valence-corrected chi connectivity index (χ2v) is 7.75. The monoisotopic (exact) mass is 358 g/mol. The molecule has 2 amide bonds. The molecule has 1 aromatic carbocycles. The Balaban J connectivity index is 1.36. The molecule has 1 N–H and O–H groups in total. The first kappa shape index (κ1) is 19.0. The van der Waals surface area contributed by atoms with Crippen LogP contribution in [0, 0.1) is 13.8 Å². The van der Waals surface area contributed by atoms with E-state index in [0.717, 1.165) is 45.7 Å². The molecule has 3 rings (SSSR count). The van der Waals surface area contributed by atoms with E-state index in [9.17, 15) is 4.79 Å². The zero-order chi connectivity index (χ0) is 18.4. The summed E-state index contributed by atoms with van der Waals surface area (Å²) in [6.07, 6.45) is 5.09. The molecule has 2 aliphatic rings. The van der Waals surface area contributed by atoms with E-state index < -0.39 is 0 Å². The number of urea groups is 1. The van der Waals surface area contributed by atoms with E-state index in [4.69, 9.17) is 0 Å². The zero-order valence-corrected chi connectivity index (χ0v) is 16.5. The molecule has 0 aromatic heterocycles. The van der Waals surface area contributed by atoms with Gasteiger partial charge >= 0.3 is 6.03 Å². The highest BCUT2D eigenvalue weighted by Gasteiger charge is 2.21. The molecule has 144 valence electrons. The Morgan fingerprint density at radius 2 is 1.73 bits per heavy atom. The molecule has 0 spiro atoms. The van der Waals surface area contributed by atoms with Gasteiger partial charge in [-0.15, -0.1) is 0 Å². The topological polar surface area (TPSA) is 38.8 Å². The molecule has 0 bridgehead atoms. The maximum Gasteiger partial charge on any atom is 0.317 e. The third kappa shape index (κ3) is 5.13. The van der Waals surface area contributed by atoms with E-state index in [-0.39, 0.29) is 6.03 Å². The highest BCUT2D eigenvalue weighted by atomic mass is 16.2. The fraction of sp³-hybridized carbons (Fsp3) is 0.667. The third-order valence-electron chi connectivity index (χ3n) is 5.64. The van der Waals surface area contributed by atoms with E-state index in [0.29, 0.717) is 0 Å². The Hall–Kier alpha value is -1.75. The van der Waals surface area contributed by atoms with Gasteiger partial charge < -0.3 is 20.0 Å². The molecular weight excluding hydrogens is 324 g/mol. The van der Waals surface area contributed by atoms with Gasteiger partial charge in [-0.3, -0.25) is 0 Å². The average Bonchev–Trinajstić information content (AvgIpc) is 2.66. The van der Waals surface area contributed by atoms with Gasteiger partial charge in [0.15, 0.2) is 0 Å². The largest absolute Gasteiger partial charge is 0.368 e.